The Morgan fingerprint density at radius 1 is 1.04 bits per heavy atom. The molecule has 0 radical (unpaired) electrons. The summed E-state index contributed by atoms with van der Waals surface area (Å²) < 4.78 is 26.3. The fourth-order valence-electron chi connectivity index (χ4n) is 5.84. The van der Waals surface area contributed by atoms with E-state index in [1.54, 1.807) is 31.6 Å². The second-order valence-electron chi connectivity index (χ2n) is 11.5. The number of esters is 1. The molecule has 4 aromatic carbocycles. The van der Waals surface area contributed by atoms with Crippen LogP contribution in [0.3, 0.4) is 0 Å². The lowest BCUT2D eigenvalue weighted by atomic mass is 9.95. The number of hydrogen-bond donors (Lipinski definition) is 0. The predicted octanol–water partition coefficient (Wildman–Crippen LogP) is 7.09. The van der Waals surface area contributed by atoms with Crippen LogP contribution in [0.5, 0.6) is 17.2 Å². The van der Waals surface area contributed by atoms with Crippen LogP contribution in [-0.2, 0) is 16.1 Å². The number of ether oxygens (including phenoxy) is 4. The quantitative estimate of drug-likeness (QED) is 0.143. The van der Waals surface area contributed by atoms with Crippen LogP contribution in [-0.4, -0.2) is 30.4 Å². The van der Waals surface area contributed by atoms with Gasteiger partial charge in [0.1, 0.15) is 18.4 Å². The van der Waals surface area contributed by atoms with E-state index < -0.39 is 12.0 Å². The Hall–Kier alpha value is -4.67. The number of carbonyl (C=O) groups excluding carboxylic acids is 1. The van der Waals surface area contributed by atoms with Gasteiger partial charge in [-0.1, -0.05) is 72.0 Å². The van der Waals surface area contributed by atoms with Gasteiger partial charge in [-0.2, -0.15) is 0 Å². The molecule has 1 aliphatic heterocycles. The average molecular weight is 728 g/mol. The van der Waals surface area contributed by atoms with E-state index in [1.165, 1.54) is 11.3 Å². The highest BCUT2D eigenvalue weighted by Gasteiger charge is 2.35. The zero-order valence-corrected chi connectivity index (χ0v) is 29.7. The first-order valence-corrected chi connectivity index (χ1v) is 17.2. The second-order valence-corrected chi connectivity index (χ2v) is 13.3. The maximum Gasteiger partial charge on any atom is 0.338 e. The van der Waals surface area contributed by atoms with Crippen molar-refractivity contribution in [3.8, 4) is 17.2 Å². The zero-order chi connectivity index (χ0) is 33.9. The van der Waals surface area contributed by atoms with Crippen LogP contribution in [0.25, 0.3) is 16.8 Å². The van der Waals surface area contributed by atoms with E-state index in [9.17, 15) is 9.59 Å². The molecule has 0 spiro atoms. The van der Waals surface area contributed by atoms with Crippen molar-refractivity contribution in [3.63, 3.8) is 0 Å². The van der Waals surface area contributed by atoms with Gasteiger partial charge in [0.15, 0.2) is 16.3 Å². The zero-order valence-electron chi connectivity index (χ0n) is 27.3. The summed E-state index contributed by atoms with van der Waals surface area (Å²) in [4.78, 5) is 32.8. The SMILES string of the molecule is CCOC(=O)C1=C(C)N=c2s/c(=C\c3cc(Br)c(OCc4cccc5ccccc45)c(OC)c3)c(=O)n2[C@H]1c1ccccc1OC(C)C. The number of allylic oxidation sites excluding steroid dienone is 1. The maximum absolute atomic E-state index is 14.2. The lowest BCUT2D eigenvalue weighted by Crippen LogP contribution is -2.40. The normalized spacial score (nSPS) is 14.6. The lowest BCUT2D eigenvalue weighted by molar-refractivity contribution is -0.139. The van der Waals surface area contributed by atoms with E-state index in [0.29, 0.717) is 54.5 Å². The molecule has 0 unspecified atom stereocenters. The molecule has 0 saturated heterocycles. The van der Waals surface area contributed by atoms with Crippen molar-refractivity contribution in [1.82, 2.24) is 4.57 Å². The third-order valence-electron chi connectivity index (χ3n) is 7.89. The van der Waals surface area contributed by atoms with Crippen molar-refractivity contribution in [3.05, 3.63) is 131 Å². The van der Waals surface area contributed by atoms with Gasteiger partial charge in [0.25, 0.3) is 5.56 Å². The maximum atomic E-state index is 14.2. The molecule has 6 rings (SSSR count). The van der Waals surface area contributed by atoms with Crippen molar-refractivity contribution in [2.45, 2.75) is 46.4 Å². The predicted molar refractivity (Wildman–Crippen MR) is 192 cm³/mol. The van der Waals surface area contributed by atoms with Gasteiger partial charge in [-0.25, -0.2) is 9.79 Å². The molecule has 2 heterocycles. The van der Waals surface area contributed by atoms with Gasteiger partial charge in [0.05, 0.1) is 40.1 Å². The molecular weight excluding hydrogens is 692 g/mol. The first kappa shape index (κ1) is 33.2. The minimum atomic E-state index is -0.788. The van der Waals surface area contributed by atoms with Crippen molar-refractivity contribution >= 4 is 50.1 Å². The topological polar surface area (TPSA) is 88.4 Å². The van der Waals surface area contributed by atoms with Crippen LogP contribution in [0.15, 0.2) is 104 Å². The second kappa shape index (κ2) is 14.2. The monoisotopic (exact) mass is 726 g/mol. The van der Waals surface area contributed by atoms with Crippen LogP contribution >= 0.6 is 27.3 Å². The van der Waals surface area contributed by atoms with E-state index >= 15 is 0 Å². The number of halogens is 1. The highest BCUT2D eigenvalue weighted by molar-refractivity contribution is 9.10. The summed E-state index contributed by atoms with van der Waals surface area (Å²) in [5.41, 5.74) is 2.95. The lowest BCUT2D eigenvalue weighted by Gasteiger charge is -2.26. The molecule has 0 amide bonds. The minimum Gasteiger partial charge on any atom is -0.493 e. The number of benzene rings is 4. The average Bonchev–Trinajstić information content (AvgIpc) is 3.37. The number of para-hydroxylation sites is 1. The van der Waals surface area contributed by atoms with Crippen LogP contribution in [0.1, 0.15) is 50.4 Å². The van der Waals surface area contributed by atoms with Gasteiger partial charge < -0.3 is 18.9 Å². The molecule has 1 atom stereocenters. The number of carbonyl (C=O) groups is 1. The highest BCUT2D eigenvalue weighted by Crippen LogP contribution is 2.38. The summed E-state index contributed by atoms with van der Waals surface area (Å²) >= 11 is 4.92. The first-order chi connectivity index (χ1) is 23.2. The standard InChI is InChI=1S/C38H35BrN2O6S/c1-6-45-37(43)33-23(4)40-38-41(34(33)28-16-9-10-17-30(28)47-22(2)3)36(42)32(48-38)20-24-18-29(39)35(31(19-24)44-5)46-21-26-14-11-13-25-12-7-8-15-27(25)26/h7-20,22,34H,6,21H2,1-5H3/b32-20-/t34-/m0/s1. The molecule has 0 fully saturated rings. The summed E-state index contributed by atoms with van der Waals surface area (Å²) in [6, 6.07) is 24.7. The third-order valence-corrected chi connectivity index (χ3v) is 9.47. The molecule has 246 valence electrons. The summed E-state index contributed by atoms with van der Waals surface area (Å²) in [6.07, 6.45) is 1.67. The van der Waals surface area contributed by atoms with Crippen molar-refractivity contribution in [2.75, 3.05) is 13.7 Å². The number of rotatable bonds is 10. The highest BCUT2D eigenvalue weighted by atomic mass is 79.9. The Morgan fingerprint density at radius 3 is 2.56 bits per heavy atom. The molecule has 8 nitrogen and oxygen atoms in total. The molecule has 0 N–H and O–H groups in total. The Morgan fingerprint density at radius 2 is 1.79 bits per heavy atom. The van der Waals surface area contributed by atoms with E-state index in [4.69, 9.17) is 23.9 Å². The van der Waals surface area contributed by atoms with Gasteiger partial charge in [0.2, 0.25) is 0 Å². The Kier molecular flexibility index (Phi) is 9.84. The van der Waals surface area contributed by atoms with E-state index in [0.717, 1.165) is 21.9 Å². The van der Waals surface area contributed by atoms with Gasteiger partial charge in [-0.05, 0) is 89.8 Å². The summed E-state index contributed by atoms with van der Waals surface area (Å²) in [5.74, 6) is 1.13. The van der Waals surface area contributed by atoms with Crippen molar-refractivity contribution in [1.29, 1.82) is 0 Å². The Balaban J connectivity index is 1.42. The van der Waals surface area contributed by atoms with Gasteiger partial charge in [-0.3, -0.25) is 9.36 Å². The van der Waals surface area contributed by atoms with Crippen LogP contribution < -0.4 is 29.1 Å². The van der Waals surface area contributed by atoms with Crippen LogP contribution in [0.2, 0.25) is 0 Å². The summed E-state index contributed by atoms with van der Waals surface area (Å²) in [7, 11) is 1.58. The van der Waals surface area contributed by atoms with E-state index in [2.05, 4.69) is 34.1 Å². The molecule has 1 aromatic heterocycles. The fourth-order valence-corrected chi connectivity index (χ4v) is 7.46. The van der Waals surface area contributed by atoms with Crippen molar-refractivity contribution in [2.24, 2.45) is 4.99 Å². The van der Waals surface area contributed by atoms with Gasteiger partial charge in [-0.15, -0.1) is 0 Å². The third kappa shape index (κ3) is 6.55. The first-order valence-electron chi connectivity index (χ1n) is 15.6. The van der Waals surface area contributed by atoms with Crippen molar-refractivity contribution < 1.29 is 23.7 Å². The molecular formula is C38H35BrN2O6S. The van der Waals surface area contributed by atoms with Crippen LogP contribution in [0.4, 0.5) is 0 Å². The molecule has 0 aliphatic carbocycles. The number of methoxy groups -OCH3 is 1. The van der Waals surface area contributed by atoms with Gasteiger partial charge in [0, 0.05) is 5.56 Å². The Labute approximate surface area is 290 Å². The Bertz CT molecular complexity index is 2230. The molecule has 10 heteroatoms. The number of nitrogens with zero attached hydrogens (tertiary/aromatic N) is 2. The molecule has 5 aromatic rings. The molecule has 0 bridgehead atoms. The summed E-state index contributed by atoms with van der Waals surface area (Å²) in [6.45, 7) is 7.92. The van der Waals surface area contributed by atoms with E-state index in [1.807, 2.05) is 74.5 Å². The fraction of sp³-hybridized carbons (Fsp3) is 0.237. The number of thiazole rings is 1. The van der Waals surface area contributed by atoms with E-state index in [-0.39, 0.29) is 18.3 Å². The van der Waals surface area contributed by atoms with Gasteiger partial charge >= 0.3 is 5.97 Å². The number of fused-ring (bicyclic) bond motifs is 2. The largest absolute Gasteiger partial charge is 0.493 e. The minimum absolute atomic E-state index is 0.120. The number of aromatic nitrogens is 1. The molecule has 0 saturated carbocycles. The smallest absolute Gasteiger partial charge is 0.338 e. The summed E-state index contributed by atoms with van der Waals surface area (Å²) in [5, 5.41) is 2.27. The molecule has 48 heavy (non-hydrogen) atoms. The van der Waals surface area contributed by atoms with Crippen LogP contribution in [0, 0.1) is 0 Å². The number of hydrogen-bond acceptors (Lipinski definition) is 8. The molecule has 1 aliphatic rings.